The first-order chi connectivity index (χ1) is 20.8. The molecule has 232 valence electrons. The third kappa shape index (κ3) is 6.13. The smallest absolute Gasteiger partial charge is 0.310 e. The number of carboxylic acid groups (broad SMARTS) is 1. The molecule has 0 aliphatic carbocycles. The average Bonchev–Trinajstić information content (AvgIpc) is 2.96. The molecule has 0 spiro atoms. The second kappa shape index (κ2) is 11.9. The molecule has 4 aromatic rings. The molecule has 5 rings (SSSR count). The van der Waals surface area contributed by atoms with Crippen molar-refractivity contribution in [3.05, 3.63) is 72.3 Å². The molecule has 1 aliphatic heterocycles. The van der Waals surface area contributed by atoms with E-state index in [0.717, 1.165) is 24.4 Å². The van der Waals surface area contributed by atoms with Crippen LogP contribution in [0, 0.1) is 22.9 Å². The molecule has 1 fully saturated rings. The molecule has 10 nitrogen and oxygen atoms in total. The number of carbonyl (C=O) groups is 1. The SMILES string of the molecule is COc1ncc(-c2ccc3ncc(F)c(N4CCN(CC(C)(C)C(=O)O)CC4)c3c2)cc1NS(=O)(=O)c1c(F)cccc1F. The van der Waals surface area contributed by atoms with Crippen molar-refractivity contribution < 1.29 is 36.2 Å². The molecule has 1 aliphatic rings. The number of rotatable bonds is 9. The molecule has 44 heavy (non-hydrogen) atoms. The highest BCUT2D eigenvalue weighted by Crippen LogP contribution is 2.36. The number of sulfonamides is 1. The summed E-state index contributed by atoms with van der Waals surface area (Å²) in [6.45, 7) is 5.68. The number of hydrogen-bond acceptors (Lipinski definition) is 8. The van der Waals surface area contributed by atoms with Gasteiger partial charge in [0.1, 0.15) is 17.3 Å². The number of carboxylic acids is 1. The first kappa shape index (κ1) is 31.0. The number of fused-ring (bicyclic) bond motifs is 1. The van der Waals surface area contributed by atoms with Gasteiger partial charge in [0.15, 0.2) is 10.7 Å². The Bertz CT molecular complexity index is 1830. The summed E-state index contributed by atoms with van der Waals surface area (Å²) in [5.74, 6) is -4.07. The van der Waals surface area contributed by atoms with Crippen molar-refractivity contribution in [1.29, 1.82) is 0 Å². The molecule has 2 aromatic carbocycles. The van der Waals surface area contributed by atoms with Gasteiger partial charge < -0.3 is 14.7 Å². The molecule has 1 saturated heterocycles. The Labute approximate surface area is 252 Å². The van der Waals surface area contributed by atoms with Crippen LogP contribution >= 0.6 is 0 Å². The first-order valence-corrected chi connectivity index (χ1v) is 15.1. The van der Waals surface area contributed by atoms with Crippen molar-refractivity contribution in [2.24, 2.45) is 5.41 Å². The zero-order valence-electron chi connectivity index (χ0n) is 24.1. The van der Waals surface area contributed by atoms with Crippen LogP contribution < -0.4 is 14.4 Å². The van der Waals surface area contributed by atoms with E-state index in [1.165, 1.54) is 19.4 Å². The lowest BCUT2D eigenvalue weighted by Crippen LogP contribution is -2.50. The normalized spacial score (nSPS) is 14.5. The number of anilines is 2. The van der Waals surface area contributed by atoms with Crippen molar-refractivity contribution in [1.82, 2.24) is 14.9 Å². The Morgan fingerprint density at radius 1 is 0.977 bits per heavy atom. The first-order valence-electron chi connectivity index (χ1n) is 13.6. The molecule has 3 heterocycles. The molecule has 0 bridgehead atoms. The minimum absolute atomic E-state index is 0.132. The Morgan fingerprint density at radius 2 is 1.66 bits per heavy atom. The fourth-order valence-electron chi connectivity index (χ4n) is 5.19. The van der Waals surface area contributed by atoms with E-state index in [1.807, 2.05) is 9.80 Å². The van der Waals surface area contributed by atoms with Crippen molar-refractivity contribution in [3.63, 3.8) is 0 Å². The molecular weight excluding hydrogens is 599 g/mol. The number of hydrogen-bond donors (Lipinski definition) is 2. The summed E-state index contributed by atoms with van der Waals surface area (Å²) in [4.78, 5) is 22.7. The van der Waals surface area contributed by atoms with Crippen LogP contribution in [-0.2, 0) is 14.8 Å². The molecule has 0 amide bonds. The Kier molecular flexibility index (Phi) is 8.40. The van der Waals surface area contributed by atoms with Crippen LogP contribution in [0.5, 0.6) is 5.88 Å². The van der Waals surface area contributed by atoms with E-state index in [2.05, 4.69) is 14.7 Å². The van der Waals surface area contributed by atoms with Gasteiger partial charge in [-0.2, -0.15) is 0 Å². The predicted molar refractivity (Wildman–Crippen MR) is 159 cm³/mol. The van der Waals surface area contributed by atoms with Crippen LogP contribution in [0.3, 0.4) is 0 Å². The highest BCUT2D eigenvalue weighted by atomic mass is 32.2. The number of piperazine rings is 1. The van der Waals surface area contributed by atoms with Gasteiger partial charge in [0.2, 0.25) is 5.88 Å². The van der Waals surface area contributed by atoms with Gasteiger partial charge in [0.05, 0.1) is 29.9 Å². The van der Waals surface area contributed by atoms with Gasteiger partial charge in [-0.15, -0.1) is 0 Å². The number of benzene rings is 2. The summed E-state index contributed by atoms with van der Waals surface area (Å²) < 4.78 is 77.2. The average molecular weight is 630 g/mol. The fraction of sp³-hybridized carbons (Fsp3) is 0.300. The predicted octanol–water partition coefficient (Wildman–Crippen LogP) is 4.76. The minimum atomic E-state index is -4.71. The monoisotopic (exact) mass is 629 g/mol. The number of pyridine rings is 2. The Morgan fingerprint density at radius 3 is 2.30 bits per heavy atom. The summed E-state index contributed by atoms with van der Waals surface area (Å²) in [6, 6.07) is 9.24. The molecule has 2 N–H and O–H groups in total. The molecule has 0 atom stereocenters. The maximum absolute atomic E-state index is 15.3. The molecule has 0 radical (unpaired) electrons. The summed E-state index contributed by atoms with van der Waals surface area (Å²) in [5, 5.41) is 9.99. The van der Waals surface area contributed by atoms with Crippen molar-refractivity contribution in [2.75, 3.05) is 49.5 Å². The van der Waals surface area contributed by atoms with E-state index in [0.29, 0.717) is 60.4 Å². The molecule has 0 unspecified atom stereocenters. The van der Waals surface area contributed by atoms with Crippen LogP contribution in [-0.4, -0.2) is 74.2 Å². The van der Waals surface area contributed by atoms with E-state index >= 15 is 4.39 Å². The van der Waals surface area contributed by atoms with E-state index < -0.39 is 43.8 Å². The van der Waals surface area contributed by atoms with Gasteiger partial charge in [-0.3, -0.25) is 19.4 Å². The van der Waals surface area contributed by atoms with Gasteiger partial charge in [-0.25, -0.2) is 26.6 Å². The molecular formula is C30H30F3N5O5S. The minimum Gasteiger partial charge on any atom is -0.481 e. The van der Waals surface area contributed by atoms with Crippen LogP contribution in [0.25, 0.3) is 22.0 Å². The lowest BCUT2D eigenvalue weighted by molar-refractivity contribution is -0.148. The van der Waals surface area contributed by atoms with E-state index in [-0.39, 0.29) is 11.6 Å². The van der Waals surface area contributed by atoms with Crippen molar-refractivity contribution in [2.45, 2.75) is 18.7 Å². The summed E-state index contributed by atoms with van der Waals surface area (Å²) in [7, 11) is -3.44. The highest BCUT2D eigenvalue weighted by Gasteiger charge is 2.32. The maximum atomic E-state index is 15.3. The second-order valence-corrected chi connectivity index (χ2v) is 12.7. The molecule has 14 heteroatoms. The highest BCUT2D eigenvalue weighted by molar-refractivity contribution is 7.92. The number of aromatic nitrogens is 2. The topological polar surface area (TPSA) is 125 Å². The van der Waals surface area contributed by atoms with Crippen LogP contribution in [0.2, 0.25) is 0 Å². The van der Waals surface area contributed by atoms with Crippen LogP contribution in [0.1, 0.15) is 13.8 Å². The van der Waals surface area contributed by atoms with Gasteiger partial charge in [0, 0.05) is 49.9 Å². The Hall–Kier alpha value is -4.43. The van der Waals surface area contributed by atoms with E-state index in [1.54, 1.807) is 32.0 Å². The third-order valence-electron chi connectivity index (χ3n) is 7.49. The zero-order chi connectivity index (χ0) is 31.8. The number of halogens is 3. The van der Waals surface area contributed by atoms with Gasteiger partial charge in [-0.05, 0) is 49.7 Å². The quantitative estimate of drug-likeness (QED) is 0.270. The van der Waals surface area contributed by atoms with Crippen molar-refractivity contribution >= 4 is 38.3 Å². The summed E-state index contributed by atoms with van der Waals surface area (Å²) in [6.07, 6.45) is 2.58. The number of aliphatic carboxylic acids is 1. The number of ether oxygens (including phenoxy) is 1. The van der Waals surface area contributed by atoms with Crippen molar-refractivity contribution in [3.8, 4) is 17.0 Å². The summed E-state index contributed by atoms with van der Waals surface area (Å²) >= 11 is 0. The number of nitrogens with zero attached hydrogens (tertiary/aromatic N) is 4. The standard InChI is InChI=1S/C30H30F3N5O5S/c1-30(2,29(39)40)17-37-9-11-38(12-10-37)26-20-13-18(7-8-24(20)34-16-23(26)33)19-14-25(28(43-3)35-15-19)36-44(41,42)27-21(31)5-4-6-22(27)32/h4-8,13-16,36H,9-12,17H2,1-3H3,(H,39,40). The van der Waals surface area contributed by atoms with Crippen LogP contribution in [0.15, 0.2) is 59.8 Å². The van der Waals surface area contributed by atoms with Crippen LogP contribution in [0.4, 0.5) is 24.5 Å². The number of methoxy groups -OCH3 is 1. The Balaban J connectivity index is 1.47. The fourth-order valence-corrected chi connectivity index (χ4v) is 6.38. The largest absolute Gasteiger partial charge is 0.481 e. The number of nitrogens with one attached hydrogen (secondary N) is 1. The molecule has 0 saturated carbocycles. The van der Waals surface area contributed by atoms with E-state index in [9.17, 15) is 27.1 Å². The van der Waals surface area contributed by atoms with Gasteiger partial charge in [0.25, 0.3) is 10.0 Å². The second-order valence-electron chi connectivity index (χ2n) is 11.1. The van der Waals surface area contributed by atoms with Gasteiger partial charge >= 0.3 is 5.97 Å². The molecule has 2 aromatic heterocycles. The summed E-state index contributed by atoms with van der Waals surface area (Å²) in [5.41, 5.74) is 0.736. The lowest BCUT2D eigenvalue weighted by Gasteiger charge is -2.39. The third-order valence-corrected chi connectivity index (χ3v) is 8.91. The lowest BCUT2D eigenvalue weighted by atomic mass is 9.93. The zero-order valence-corrected chi connectivity index (χ0v) is 25.0. The van der Waals surface area contributed by atoms with E-state index in [4.69, 9.17) is 4.74 Å². The maximum Gasteiger partial charge on any atom is 0.310 e. The van der Waals surface area contributed by atoms with Gasteiger partial charge in [-0.1, -0.05) is 12.1 Å².